The number of rotatable bonds is 2. The molecule has 1 fully saturated rings. The first-order valence-electron chi connectivity index (χ1n) is 5.58. The van der Waals surface area contributed by atoms with Crippen LogP contribution in [0.4, 0.5) is 5.82 Å². The second kappa shape index (κ2) is 4.38. The van der Waals surface area contributed by atoms with E-state index in [2.05, 4.69) is 15.0 Å². The zero-order valence-electron chi connectivity index (χ0n) is 9.47. The van der Waals surface area contributed by atoms with Crippen molar-refractivity contribution in [1.29, 1.82) is 0 Å². The summed E-state index contributed by atoms with van der Waals surface area (Å²) in [5.74, 6) is 0.348. The number of aliphatic hydroxyl groups is 2. The van der Waals surface area contributed by atoms with E-state index in [1.807, 2.05) is 4.57 Å². The quantitative estimate of drug-likeness (QED) is 0.689. The van der Waals surface area contributed by atoms with E-state index in [1.165, 1.54) is 18.1 Å². The summed E-state index contributed by atoms with van der Waals surface area (Å²) in [7, 11) is 0. The summed E-state index contributed by atoms with van der Waals surface area (Å²) >= 11 is 1.52. The van der Waals surface area contributed by atoms with Gasteiger partial charge in [-0.2, -0.15) is 0 Å². The number of thioether (sulfide) groups is 1. The lowest BCUT2D eigenvalue weighted by Crippen LogP contribution is -2.20. The molecule has 0 aromatic carbocycles. The number of hydrogen-bond acceptors (Lipinski definition) is 7. The van der Waals surface area contributed by atoms with Gasteiger partial charge in [0, 0.05) is 6.42 Å². The predicted molar refractivity (Wildman–Crippen MR) is 67.9 cm³/mol. The zero-order valence-corrected chi connectivity index (χ0v) is 10.3. The van der Waals surface area contributed by atoms with Crippen molar-refractivity contribution in [3.63, 3.8) is 0 Å². The van der Waals surface area contributed by atoms with Crippen LogP contribution in [-0.2, 0) is 0 Å². The van der Waals surface area contributed by atoms with E-state index in [4.69, 9.17) is 10.8 Å². The number of fused-ring (bicyclic) bond motifs is 1. The third-order valence-corrected chi connectivity index (χ3v) is 4.63. The van der Waals surface area contributed by atoms with Crippen molar-refractivity contribution >= 4 is 28.7 Å². The lowest BCUT2D eigenvalue weighted by atomic mass is 10.2. The van der Waals surface area contributed by atoms with Crippen molar-refractivity contribution in [3.05, 3.63) is 12.7 Å². The molecule has 8 heteroatoms. The molecule has 0 amide bonds. The Morgan fingerprint density at radius 2 is 2.28 bits per heavy atom. The molecule has 2 aromatic rings. The van der Waals surface area contributed by atoms with Gasteiger partial charge < -0.3 is 20.5 Å². The standard InChI is InChI=1S/C10H13N5O2S/c11-9-8-10(13-3-12-9)15(4-14-8)7-1-5(17)6(2-16)18-7/h3-7,16-17H,1-2H2,(H2,11,12,13)/t5-,6+,7+/m0/s1. The van der Waals surface area contributed by atoms with Crippen molar-refractivity contribution < 1.29 is 10.2 Å². The third kappa shape index (κ3) is 1.73. The molecule has 18 heavy (non-hydrogen) atoms. The number of anilines is 1. The number of imidazole rings is 1. The van der Waals surface area contributed by atoms with Crippen LogP contribution < -0.4 is 5.73 Å². The van der Waals surface area contributed by atoms with Crippen LogP contribution in [0.5, 0.6) is 0 Å². The van der Waals surface area contributed by atoms with Crippen LogP contribution in [0.15, 0.2) is 12.7 Å². The topological polar surface area (TPSA) is 110 Å². The van der Waals surface area contributed by atoms with Crippen molar-refractivity contribution in [3.8, 4) is 0 Å². The van der Waals surface area contributed by atoms with Crippen LogP contribution in [0.1, 0.15) is 11.8 Å². The largest absolute Gasteiger partial charge is 0.395 e. The Morgan fingerprint density at radius 3 is 3.00 bits per heavy atom. The minimum absolute atomic E-state index is 0.0106. The van der Waals surface area contributed by atoms with Crippen LogP contribution in [0.2, 0.25) is 0 Å². The maximum atomic E-state index is 9.81. The Balaban J connectivity index is 1.99. The van der Waals surface area contributed by atoms with E-state index < -0.39 is 6.10 Å². The Hall–Kier alpha value is -1.38. The summed E-state index contributed by atoms with van der Waals surface area (Å²) in [6.45, 7) is -0.0356. The molecule has 0 radical (unpaired) electrons. The Kier molecular flexibility index (Phi) is 2.84. The van der Waals surface area contributed by atoms with E-state index in [9.17, 15) is 5.11 Å². The van der Waals surface area contributed by atoms with Gasteiger partial charge in [0.25, 0.3) is 0 Å². The molecule has 7 nitrogen and oxygen atoms in total. The van der Waals surface area contributed by atoms with E-state index in [0.29, 0.717) is 23.4 Å². The highest BCUT2D eigenvalue weighted by molar-refractivity contribution is 8.00. The van der Waals surface area contributed by atoms with E-state index >= 15 is 0 Å². The average molecular weight is 267 g/mol. The smallest absolute Gasteiger partial charge is 0.166 e. The normalized spacial score (nSPS) is 28.0. The molecule has 4 N–H and O–H groups in total. The second-order valence-corrected chi connectivity index (χ2v) is 5.62. The Morgan fingerprint density at radius 1 is 1.44 bits per heavy atom. The molecular formula is C10H13N5O2S. The van der Waals surface area contributed by atoms with Crippen LogP contribution in [0.25, 0.3) is 11.2 Å². The van der Waals surface area contributed by atoms with Crippen LogP contribution in [-0.4, -0.2) is 47.7 Å². The third-order valence-electron chi connectivity index (χ3n) is 3.08. The highest BCUT2D eigenvalue weighted by Crippen LogP contribution is 2.42. The van der Waals surface area contributed by atoms with Gasteiger partial charge in [0.2, 0.25) is 0 Å². The number of nitrogens with zero attached hydrogens (tertiary/aromatic N) is 4. The SMILES string of the molecule is Nc1ncnc2c1ncn2[C@H]1C[C@H](O)[C@@H](CO)S1. The lowest BCUT2D eigenvalue weighted by molar-refractivity contribution is 0.138. The molecule has 1 aliphatic heterocycles. The van der Waals surface area contributed by atoms with Crippen LogP contribution >= 0.6 is 11.8 Å². The van der Waals surface area contributed by atoms with Crippen LogP contribution in [0, 0.1) is 0 Å². The van der Waals surface area contributed by atoms with Gasteiger partial charge in [0.1, 0.15) is 11.8 Å². The fourth-order valence-electron chi connectivity index (χ4n) is 2.13. The molecule has 3 heterocycles. The van der Waals surface area contributed by atoms with E-state index in [-0.39, 0.29) is 17.2 Å². The summed E-state index contributed by atoms with van der Waals surface area (Å²) in [5.41, 5.74) is 6.95. The Bertz CT molecular complexity index is 574. The molecule has 0 saturated carbocycles. The average Bonchev–Trinajstić information content (AvgIpc) is 2.93. The molecule has 0 aliphatic carbocycles. The number of aliphatic hydroxyl groups excluding tert-OH is 2. The molecule has 0 spiro atoms. The molecule has 96 valence electrons. The van der Waals surface area contributed by atoms with E-state index in [0.717, 1.165) is 0 Å². The number of aromatic nitrogens is 4. The lowest BCUT2D eigenvalue weighted by Gasteiger charge is -2.11. The zero-order chi connectivity index (χ0) is 12.7. The van der Waals surface area contributed by atoms with Gasteiger partial charge in [-0.15, -0.1) is 11.8 Å². The molecule has 0 bridgehead atoms. The van der Waals surface area contributed by atoms with Gasteiger partial charge >= 0.3 is 0 Å². The van der Waals surface area contributed by atoms with Gasteiger partial charge in [0.05, 0.1) is 29.7 Å². The van der Waals surface area contributed by atoms with Crippen molar-refractivity contribution in [2.75, 3.05) is 12.3 Å². The Labute approximate surface area is 107 Å². The maximum Gasteiger partial charge on any atom is 0.166 e. The molecule has 3 rings (SSSR count). The first kappa shape index (κ1) is 11.7. The molecular weight excluding hydrogens is 254 g/mol. The molecule has 3 atom stereocenters. The molecule has 1 aliphatic rings. The molecule has 2 aromatic heterocycles. The van der Waals surface area contributed by atoms with Gasteiger partial charge in [0.15, 0.2) is 11.5 Å². The van der Waals surface area contributed by atoms with Crippen molar-refractivity contribution in [2.45, 2.75) is 23.1 Å². The highest BCUT2D eigenvalue weighted by Gasteiger charge is 2.35. The number of nitrogens with two attached hydrogens (primary N) is 1. The minimum Gasteiger partial charge on any atom is -0.395 e. The van der Waals surface area contributed by atoms with Crippen molar-refractivity contribution in [1.82, 2.24) is 19.5 Å². The summed E-state index contributed by atoms with van der Waals surface area (Å²) in [6.07, 6.45) is 3.10. The highest BCUT2D eigenvalue weighted by atomic mass is 32.2. The van der Waals surface area contributed by atoms with Crippen LogP contribution in [0.3, 0.4) is 0 Å². The minimum atomic E-state index is -0.512. The summed E-state index contributed by atoms with van der Waals surface area (Å²) in [5, 5.41) is 18.8. The maximum absolute atomic E-state index is 9.81. The van der Waals surface area contributed by atoms with E-state index in [1.54, 1.807) is 6.33 Å². The van der Waals surface area contributed by atoms with Crippen molar-refractivity contribution in [2.24, 2.45) is 0 Å². The van der Waals surface area contributed by atoms with Gasteiger partial charge in [-0.05, 0) is 0 Å². The summed E-state index contributed by atoms with van der Waals surface area (Å²) in [6, 6.07) is 0. The first-order chi connectivity index (χ1) is 8.70. The molecule has 0 unspecified atom stereocenters. The van der Waals surface area contributed by atoms with Gasteiger partial charge in [-0.3, -0.25) is 0 Å². The number of nitrogen functional groups attached to an aromatic ring is 1. The van der Waals surface area contributed by atoms with Gasteiger partial charge in [-0.1, -0.05) is 0 Å². The predicted octanol–water partition coefficient (Wildman–Crippen LogP) is -0.234. The number of hydrogen-bond donors (Lipinski definition) is 3. The fraction of sp³-hybridized carbons (Fsp3) is 0.500. The second-order valence-electron chi connectivity index (χ2n) is 4.20. The summed E-state index contributed by atoms with van der Waals surface area (Å²) in [4.78, 5) is 12.3. The monoisotopic (exact) mass is 267 g/mol. The van der Waals surface area contributed by atoms with Gasteiger partial charge in [-0.25, -0.2) is 15.0 Å². The first-order valence-corrected chi connectivity index (χ1v) is 6.52. The molecule has 1 saturated heterocycles. The fourth-order valence-corrected chi connectivity index (χ4v) is 3.51. The summed E-state index contributed by atoms with van der Waals surface area (Å²) < 4.78 is 1.87.